The summed E-state index contributed by atoms with van der Waals surface area (Å²) < 4.78 is 7.06. The predicted molar refractivity (Wildman–Crippen MR) is 73.0 cm³/mol. The maximum atomic E-state index is 5.32. The molecule has 2 aromatic rings. The third-order valence-corrected chi connectivity index (χ3v) is 3.35. The van der Waals surface area contributed by atoms with E-state index in [0.717, 1.165) is 24.5 Å². The number of nitrogens with one attached hydrogen (secondary N) is 1. The maximum absolute atomic E-state index is 5.32. The smallest absolute Gasteiger partial charge is 0.276 e. The van der Waals surface area contributed by atoms with Gasteiger partial charge in [0.1, 0.15) is 5.69 Å². The van der Waals surface area contributed by atoms with Gasteiger partial charge in [-0.1, -0.05) is 18.0 Å². The molecule has 0 radical (unpaired) electrons. The van der Waals surface area contributed by atoms with Crippen LogP contribution in [-0.4, -0.2) is 26.5 Å². The summed E-state index contributed by atoms with van der Waals surface area (Å²) in [6.07, 6.45) is 6.51. The van der Waals surface area contributed by atoms with E-state index in [1.54, 1.807) is 10.9 Å². The van der Waals surface area contributed by atoms with Gasteiger partial charge < -0.3 is 9.84 Å². The van der Waals surface area contributed by atoms with Crippen molar-refractivity contribution in [3.63, 3.8) is 0 Å². The largest absolute Gasteiger partial charge is 0.332 e. The first-order valence-electron chi connectivity index (χ1n) is 6.40. The molecule has 1 aliphatic heterocycles. The van der Waals surface area contributed by atoms with Gasteiger partial charge in [0.25, 0.3) is 5.89 Å². The number of halogens is 1. The lowest BCUT2D eigenvalue weighted by Crippen LogP contribution is -2.21. The van der Waals surface area contributed by atoms with Gasteiger partial charge in [0, 0.05) is 13.2 Å². The van der Waals surface area contributed by atoms with Crippen LogP contribution in [0.5, 0.6) is 0 Å². The van der Waals surface area contributed by atoms with Crippen LogP contribution in [0.2, 0.25) is 0 Å². The molecular formula is C12H18ClN5O. The van der Waals surface area contributed by atoms with Gasteiger partial charge in [-0.25, -0.2) is 0 Å². The van der Waals surface area contributed by atoms with Crippen LogP contribution < -0.4 is 5.32 Å². The zero-order valence-electron chi connectivity index (χ0n) is 10.9. The molecule has 1 unspecified atom stereocenters. The molecule has 1 atom stereocenters. The summed E-state index contributed by atoms with van der Waals surface area (Å²) in [6, 6.07) is 2.09. The minimum atomic E-state index is 0. The fourth-order valence-electron chi connectivity index (χ4n) is 2.31. The third-order valence-electron chi connectivity index (χ3n) is 3.35. The number of nitrogens with zero attached hydrogens (tertiary/aromatic N) is 4. The van der Waals surface area contributed by atoms with Crippen molar-refractivity contribution in [2.75, 3.05) is 6.54 Å². The first-order valence-corrected chi connectivity index (χ1v) is 6.40. The minimum Gasteiger partial charge on any atom is -0.332 e. The Hall–Kier alpha value is -1.40. The molecule has 3 rings (SSSR count). The van der Waals surface area contributed by atoms with Crippen molar-refractivity contribution in [1.82, 2.24) is 25.2 Å². The summed E-state index contributed by atoms with van der Waals surface area (Å²) in [6.45, 7) is 1.03. The molecule has 7 heteroatoms. The first kappa shape index (κ1) is 14.0. The Morgan fingerprint density at radius 2 is 2.26 bits per heavy atom. The van der Waals surface area contributed by atoms with E-state index >= 15 is 0 Å². The van der Waals surface area contributed by atoms with Gasteiger partial charge >= 0.3 is 0 Å². The molecule has 6 nitrogen and oxygen atoms in total. The highest BCUT2D eigenvalue weighted by atomic mass is 35.5. The summed E-state index contributed by atoms with van der Waals surface area (Å²) in [4.78, 5) is 4.48. The molecule has 0 bridgehead atoms. The first-order chi connectivity index (χ1) is 8.84. The van der Waals surface area contributed by atoms with E-state index in [2.05, 4.69) is 20.6 Å². The average Bonchev–Trinajstić information content (AvgIpc) is 2.91. The number of hydrogen-bond donors (Lipinski definition) is 1. The van der Waals surface area contributed by atoms with Gasteiger partial charge in [0.2, 0.25) is 0 Å². The highest BCUT2D eigenvalue weighted by Gasteiger charge is 2.20. The molecule has 104 valence electrons. The van der Waals surface area contributed by atoms with E-state index < -0.39 is 0 Å². The average molecular weight is 284 g/mol. The van der Waals surface area contributed by atoms with Crippen LogP contribution in [0.15, 0.2) is 16.8 Å². The van der Waals surface area contributed by atoms with Gasteiger partial charge in [-0.3, -0.25) is 4.68 Å². The van der Waals surface area contributed by atoms with Gasteiger partial charge in [-0.05, 0) is 25.5 Å². The molecule has 1 fully saturated rings. The van der Waals surface area contributed by atoms with E-state index in [-0.39, 0.29) is 18.4 Å². The maximum Gasteiger partial charge on any atom is 0.276 e. The van der Waals surface area contributed by atoms with Crippen LogP contribution in [0.4, 0.5) is 0 Å². The van der Waals surface area contributed by atoms with Crippen LogP contribution >= 0.6 is 12.4 Å². The quantitative estimate of drug-likeness (QED) is 0.914. The molecular weight excluding hydrogens is 266 g/mol. The van der Waals surface area contributed by atoms with E-state index in [0.29, 0.717) is 5.89 Å². The Bertz CT molecular complexity index is 516. The fourth-order valence-corrected chi connectivity index (χ4v) is 2.31. The third kappa shape index (κ3) is 2.96. The second-order valence-electron chi connectivity index (χ2n) is 4.65. The molecule has 0 amide bonds. The molecule has 1 saturated heterocycles. The summed E-state index contributed by atoms with van der Waals surface area (Å²) in [5.41, 5.74) is 0.849. The van der Waals surface area contributed by atoms with E-state index in [9.17, 15) is 0 Å². The van der Waals surface area contributed by atoms with E-state index in [1.807, 2.05) is 13.1 Å². The molecule has 0 spiro atoms. The fraction of sp³-hybridized carbons (Fsp3) is 0.583. The van der Waals surface area contributed by atoms with Crippen molar-refractivity contribution >= 4 is 12.4 Å². The van der Waals surface area contributed by atoms with Crippen molar-refractivity contribution in [2.24, 2.45) is 7.05 Å². The van der Waals surface area contributed by atoms with Crippen LogP contribution in [-0.2, 0) is 7.05 Å². The number of rotatable bonds is 2. The second-order valence-corrected chi connectivity index (χ2v) is 4.65. The number of hydrogen-bond acceptors (Lipinski definition) is 5. The normalized spacial score (nSPS) is 19.7. The molecule has 0 saturated carbocycles. The van der Waals surface area contributed by atoms with Gasteiger partial charge in [0.15, 0.2) is 5.82 Å². The van der Waals surface area contributed by atoms with E-state index in [1.165, 1.54) is 19.3 Å². The van der Waals surface area contributed by atoms with Crippen molar-refractivity contribution in [2.45, 2.75) is 31.7 Å². The summed E-state index contributed by atoms with van der Waals surface area (Å²) in [7, 11) is 1.86. The molecule has 0 aromatic carbocycles. The summed E-state index contributed by atoms with van der Waals surface area (Å²) >= 11 is 0. The molecule has 1 N–H and O–H groups in total. The summed E-state index contributed by atoms with van der Waals surface area (Å²) in [5, 5.41) is 11.7. The zero-order chi connectivity index (χ0) is 12.4. The Balaban J connectivity index is 0.00000133. The van der Waals surface area contributed by atoms with E-state index in [4.69, 9.17) is 4.52 Å². The summed E-state index contributed by atoms with van der Waals surface area (Å²) in [5.74, 6) is 1.30. The molecule has 0 aliphatic carbocycles. The van der Waals surface area contributed by atoms with Crippen molar-refractivity contribution in [3.05, 3.63) is 18.1 Å². The Morgan fingerprint density at radius 1 is 1.37 bits per heavy atom. The molecule has 2 aromatic heterocycles. The van der Waals surface area contributed by atoms with Crippen LogP contribution in [0.25, 0.3) is 11.6 Å². The lowest BCUT2D eigenvalue weighted by molar-refractivity contribution is 0.400. The molecule has 1 aliphatic rings. The lowest BCUT2D eigenvalue weighted by atomic mass is 10.1. The highest BCUT2D eigenvalue weighted by molar-refractivity contribution is 5.85. The van der Waals surface area contributed by atoms with Crippen molar-refractivity contribution < 1.29 is 4.52 Å². The standard InChI is InChI=1S/C12H17N5O.ClH/c1-17-10(6-8-14-17)12-15-11(16-18-12)9-5-3-2-4-7-13-9;/h6,8-9,13H,2-5,7H2,1H3;1H. The predicted octanol–water partition coefficient (Wildman–Crippen LogP) is 2.10. The Labute approximate surface area is 118 Å². The SMILES string of the molecule is Cl.Cn1nccc1-c1nc(C2CCCCCN2)no1. The van der Waals surface area contributed by atoms with Gasteiger partial charge in [-0.2, -0.15) is 10.1 Å². The lowest BCUT2D eigenvalue weighted by Gasteiger charge is -2.09. The monoisotopic (exact) mass is 283 g/mol. The van der Waals surface area contributed by atoms with Crippen LogP contribution in [0.3, 0.4) is 0 Å². The second kappa shape index (κ2) is 6.16. The molecule has 3 heterocycles. The molecule has 19 heavy (non-hydrogen) atoms. The highest BCUT2D eigenvalue weighted by Crippen LogP contribution is 2.23. The topological polar surface area (TPSA) is 68.8 Å². The van der Waals surface area contributed by atoms with Crippen molar-refractivity contribution in [3.8, 4) is 11.6 Å². The van der Waals surface area contributed by atoms with Crippen LogP contribution in [0.1, 0.15) is 37.5 Å². The Kier molecular flexibility index (Phi) is 4.55. The van der Waals surface area contributed by atoms with Crippen LogP contribution in [0, 0.1) is 0 Å². The number of aromatic nitrogens is 4. The van der Waals surface area contributed by atoms with Crippen molar-refractivity contribution in [1.29, 1.82) is 0 Å². The number of aryl methyl sites for hydroxylation is 1. The Morgan fingerprint density at radius 3 is 3.05 bits per heavy atom. The van der Waals surface area contributed by atoms with Gasteiger partial charge in [0.05, 0.1) is 6.04 Å². The zero-order valence-corrected chi connectivity index (χ0v) is 11.7. The minimum absolute atomic E-state index is 0. The van der Waals surface area contributed by atoms with Gasteiger partial charge in [-0.15, -0.1) is 12.4 Å².